The molecule has 138 valence electrons. The zero-order valence-corrected chi connectivity index (χ0v) is 15.9. The van der Waals surface area contributed by atoms with Crippen LogP contribution in [-0.2, 0) is 11.3 Å². The lowest BCUT2D eigenvalue weighted by atomic mass is 10.1. The Morgan fingerprint density at radius 3 is 2.81 bits per heavy atom. The average Bonchev–Trinajstić information content (AvgIpc) is 3.28. The Balaban J connectivity index is 1.71. The van der Waals surface area contributed by atoms with E-state index < -0.39 is 5.91 Å². The summed E-state index contributed by atoms with van der Waals surface area (Å²) in [6.07, 6.45) is 3.31. The van der Waals surface area contributed by atoms with Crippen LogP contribution in [0.15, 0.2) is 60.5 Å². The first-order valence-corrected chi connectivity index (χ1v) is 9.79. The summed E-state index contributed by atoms with van der Waals surface area (Å²) in [5.41, 5.74) is 6.72. The number of primary amides is 1. The summed E-state index contributed by atoms with van der Waals surface area (Å²) < 4.78 is 1.79. The number of thioether (sulfide) groups is 1. The molecule has 0 unspecified atom stereocenters. The number of nitrogens with one attached hydrogen (secondary N) is 1. The number of aromatic nitrogens is 3. The number of anilines is 1. The van der Waals surface area contributed by atoms with Crippen molar-refractivity contribution >= 4 is 39.9 Å². The van der Waals surface area contributed by atoms with Crippen LogP contribution in [0, 0.1) is 0 Å². The number of benzene rings is 1. The molecule has 2 aromatic heterocycles. The SMILES string of the molecule is C=CCn1cnnc1SCC(=O)Nc1sc(-c2ccccc2)cc1C(N)=O. The van der Waals surface area contributed by atoms with Crippen molar-refractivity contribution in [3.63, 3.8) is 0 Å². The van der Waals surface area contributed by atoms with Gasteiger partial charge >= 0.3 is 0 Å². The van der Waals surface area contributed by atoms with E-state index in [0.29, 0.717) is 22.3 Å². The number of carbonyl (C=O) groups excluding carboxylic acids is 2. The predicted molar refractivity (Wildman–Crippen MR) is 108 cm³/mol. The van der Waals surface area contributed by atoms with Crippen LogP contribution in [0.1, 0.15) is 10.4 Å². The monoisotopic (exact) mass is 399 g/mol. The smallest absolute Gasteiger partial charge is 0.251 e. The van der Waals surface area contributed by atoms with E-state index in [0.717, 1.165) is 10.4 Å². The number of hydrogen-bond acceptors (Lipinski definition) is 6. The largest absolute Gasteiger partial charge is 0.366 e. The Hall–Kier alpha value is -2.91. The summed E-state index contributed by atoms with van der Waals surface area (Å²) in [5, 5.41) is 11.7. The molecule has 0 radical (unpaired) electrons. The van der Waals surface area contributed by atoms with Gasteiger partial charge in [-0.2, -0.15) is 0 Å². The van der Waals surface area contributed by atoms with E-state index in [9.17, 15) is 9.59 Å². The first-order chi connectivity index (χ1) is 13.1. The molecule has 0 spiro atoms. The molecule has 2 heterocycles. The first-order valence-electron chi connectivity index (χ1n) is 7.99. The summed E-state index contributed by atoms with van der Waals surface area (Å²) in [5.74, 6) is -0.702. The lowest BCUT2D eigenvalue weighted by molar-refractivity contribution is -0.113. The highest BCUT2D eigenvalue weighted by atomic mass is 32.2. The van der Waals surface area contributed by atoms with Gasteiger partial charge < -0.3 is 15.6 Å². The third-order valence-corrected chi connectivity index (χ3v) is 5.63. The molecule has 0 aliphatic rings. The number of thiophene rings is 1. The molecular weight excluding hydrogens is 382 g/mol. The summed E-state index contributed by atoms with van der Waals surface area (Å²) >= 11 is 2.57. The van der Waals surface area contributed by atoms with E-state index in [-0.39, 0.29) is 11.7 Å². The van der Waals surface area contributed by atoms with Crippen molar-refractivity contribution in [3.8, 4) is 10.4 Å². The minimum absolute atomic E-state index is 0.132. The molecule has 3 aromatic rings. The lowest BCUT2D eigenvalue weighted by Gasteiger charge is -2.05. The number of allylic oxidation sites excluding steroid dienone is 1. The second-order valence-corrected chi connectivity index (χ2v) is 7.47. The van der Waals surface area contributed by atoms with Gasteiger partial charge in [-0.3, -0.25) is 9.59 Å². The summed E-state index contributed by atoms with van der Waals surface area (Å²) in [6.45, 7) is 4.24. The van der Waals surface area contributed by atoms with E-state index in [1.54, 1.807) is 23.0 Å². The Bertz CT molecular complexity index is 965. The van der Waals surface area contributed by atoms with Crippen molar-refractivity contribution < 1.29 is 9.59 Å². The van der Waals surface area contributed by atoms with Crippen LogP contribution < -0.4 is 11.1 Å². The third kappa shape index (κ3) is 4.63. The molecule has 9 heteroatoms. The molecule has 0 aliphatic heterocycles. The number of amides is 2. The number of hydrogen-bond donors (Lipinski definition) is 2. The van der Waals surface area contributed by atoms with Crippen LogP contribution in [0.2, 0.25) is 0 Å². The van der Waals surface area contributed by atoms with Crippen LogP contribution in [0.3, 0.4) is 0 Å². The Labute approximate surface area is 164 Å². The molecule has 27 heavy (non-hydrogen) atoms. The van der Waals surface area contributed by atoms with E-state index in [4.69, 9.17) is 5.73 Å². The van der Waals surface area contributed by atoms with Crippen molar-refractivity contribution in [2.24, 2.45) is 5.73 Å². The molecule has 0 atom stereocenters. The van der Waals surface area contributed by atoms with Crippen LogP contribution in [0.4, 0.5) is 5.00 Å². The second kappa shape index (κ2) is 8.65. The van der Waals surface area contributed by atoms with Crippen molar-refractivity contribution in [1.82, 2.24) is 14.8 Å². The van der Waals surface area contributed by atoms with Gasteiger partial charge in [0, 0.05) is 11.4 Å². The van der Waals surface area contributed by atoms with Crippen LogP contribution in [0.25, 0.3) is 10.4 Å². The quantitative estimate of drug-likeness (QED) is 0.448. The fraction of sp³-hybridized carbons (Fsp3) is 0.111. The van der Waals surface area contributed by atoms with Gasteiger partial charge in [0.15, 0.2) is 5.16 Å². The minimum atomic E-state index is -0.581. The maximum Gasteiger partial charge on any atom is 0.251 e. The van der Waals surface area contributed by atoms with E-state index in [1.807, 2.05) is 30.3 Å². The van der Waals surface area contributed by atoms with Gasteiger partial charge in [-0.15, -0.1) is 28.1 Å². The van der Waals surface area contributed by atoms with E-state index >= 15 is 0 Å². The molecule has 1 aromatic carbocycles. The van der Waals surface area contributed by atoms with Crippen LogP contribution in [-0.4, -0.2) is 32.3 Å². The molecule has 2 amide bonds. The van der Waals surface area contributed by atoms with Crippen LogP contribution in [0.5, 0.6) is 0 Å². The Kier molecular flexibility index (Phi) is 6.05. The lowest BCUT2D eigenvalue weighted by Crippen LogP contribution is -2.18. The molecular formula is C18H17N5O2S2. The summed E-state index contributed by atoms with van der Waals surface area (Å²) in [6, 6.07) is 11.3. The molecule has 0 saturated carbocycles. The number of carbonyl (C=O) groups is 2. The average molecular weight is 400 g/mol. The summed E-state index contributed by atoms with van der Waals surface area (Å²) in [4.78, 5) is 25.0. The topological polar surface area (TPSA) is 103 Å². The standard InChI is InChI=1S/C18H17N5O2S2/c1-2-8-23-11-20-22-18(23)26-10-15(24)21-17-13(16(19)25)9-14(27-17)12-6-4-3-5-7-12/h2-7,9,11H,1,8,10H2,(H2,19,25)(H,21,24). The highest BCUT2D eigenvalue weighted by Gasteiger charge is 2.17. The second-order valence-electron chi connectivity index (χ2n) is 5.48. The van der Waals surface area contributed by atoms with Gasteiger partial charge in [-0.1, -0.05) is 48.2 Å². The molecule has 0 saturated heterocycles. The number of nitrogens with zero attached hydrogens (tertiary/aromatic N) is 3. The maximum atomic E-state index is 12.3. The molecule has 0 fully saturated rings. The van der Waals surface area contributed by atoms with E-state index in [1.165, 1.54) is 23.1 Å². The van der Waals surface area contributed by atoms with Gasteiger partial charge in [0.05, 0.1) is 11.3 Å². The van der Waals surface area contributed by atoms with Gasteiger partial charge in [0.25, 0.3) is 5.91 Å². The van der Waals surface area contributed by atoms with Gasteiger partial charge in [0.1, 0.15) is 11.3 Å². The van der Waals surface area contributed by atoms with Crippen LogP contribution >= 0.6 is 23.1 Å². The van der Waals surface area contributed by atoms with Crippen molar-refractivity contribution in [2.45, 2.75) is 11.7 Å². The highest BCUT2D eigenvalue weighted by molar-refractivity contribution is 7.99. The molecule has 7 nitrogen and oxygen atoms in total. The Morgan fingerprint density at radius 2 is 2.11 bits per heavy atom. The first kappa shape index (κ1) is 18.9. The maximum absolute atomic E-state index is 12.3. The molecule has 3 rings (SSSR count). The highest BCUT2D eigenvalue weighted by Crippen LogP contribution is 2.35. The molecule has 0 aliphatic carbocycles. The fourth-order valence-electron chi connectivity index (χ4n) is 2.32. The third-order valence-electron chi connectivity index (χ3n) is 3.55. The fourth-order valence-corrected chi connectivity index (χ4v) is 4.13. The van der Waals surface area contributed by atoms with Crippen molar-refractivity contribution in [1.29, 1.82) is 0 Å². The molecule has 0 bridgehead atoms. The minimum Gasteiger partial charge on any atom is -0.366 e. The van der Waals surface area contributed by atoms with Crippen molar-refractivity contribution in [3.05, 3.63) is 60.9 Å². The zero-order valence-electron chi connectivity index (χ0n) is 14.3. The predicted octanol–water partition coefficient (Wildman–Crippen LogP) is 3.02. The Morgan fingerprint density at radius 1 is 1.33 bits per heavy atom. The number of nitrogens with two attached hydrogens (primary N) is 1. The van der Waals surface area contributed by atoms with Gasteiger partial charge in [-0.05, 0) is 11.6 Å². The number of rotatable bonds is 8. The van der Waals surface area contributed by atoms with Gasteiger partial charge in [-0.25, -0.2) is 0 Å². The zero-order chi connectivity index (χ0) is 19.2. The summed E-state index contributed by atoms with van der Waals surface area (Å²) in [7, 11) is 0. The van der Waals surface area contributed by atoms with Crippen molar-refractivity contribution in [2.75, 3.05) is 11.1 Å². The normalized spacial score (nSPS) is 10.5. The molecule has 3 N–H and O–H groups in total. The van der Waals surface area contributed by atoms with E-state index in [2.05, 4.69) is 22.1 Å². The van der Waals surface area contributed by atoms with Gasteiger partial charge in [0.2, 0.25) is 5.91 Å².